The van der Waals surface area contributed by atoms with Gasteiger partial charge in [-0.1, -0.05) is 6.92 Å². The quantitative estimate of drug-likeness (QED) is 0.737. The Morgan fingerprint density at radius 1 is 1.79 bits per heavy atom. The summed E-state index contributed by atoms with van der Waals surface area (Å²) < 4.78 is 0. The van der Waals surface area contributed by atoms with Crippen molar-refractivity contribution >= 4 is 5.97 Å². The summed E-state index contributed by atoms with van der Waals surface area (Å²) in [6.07, 6.45) is 2.09. The van der Waals surface area contributed by atoms with Crippen LogP contribution in [-0.4, -0.2) is 34.1 Å². The Kier molecular flexibility index (Phi) is 3.12. The van der Waals surface area contributed by atoms with E-state index in [2.05, 4.69) is 6.07 Å². The lowest BCUT2D eigenvalue weighted by Gasteiger charge is -2.35. The zero-order chi connectivity index (χ0) is 10.8. The summed E-state index contributed by atoms with van der Waals surface area (Å²) in [5.74, 6) is -0.792. The molecular weight excluding hydrogens is 180 g/mol. The summed E-state index contributed by atoms with van der Waals surface area (Å²) >= 11 is 0. The lowest BCUT2D eigenvalue weighted by molar-refractivity contribution is -0.150. The molecule has 1 rings (SSSR count). The number of carboxylic acid groups (broad SMARTS) is 1. The molecule has 0 aliphatic carbocycles. The molecule has 1 aliphatic rings. The van der Waals surface area contributed by atoms with Crippen molar-refractivity contribution in [1.82, 2.24) is 4.90 Å². The molecule has 1 heterocycles. The first kappa shape index (κ1) is 11.0. The number of hydrogen-bond donors (Lipinski definition) is 1. The highest BCUT2D eigenvalue weighted by Crippen LogP contribution is 2.34. The maximum Gasteiger partial charge on any atom is 0.324 e. The molecule has 0 bridgehead atoms. The van der Waals surface area contributed by atoms with Gasteiger partial charge in [-0.3, -0.25) is 9.69 Å². The van der Waals surface area contributed by atoms with Gasteiger partial charge in [0, 0.05) is 6.54 Å². The minimum atomic E-state index is -0.796. The van der Waals surface area contributed by atoms with Gasteiger partial charge in [-0.25, -0.2) is 0 Å². The van der Waals surface area contributed by atoms with Crippen LogP contribution >= 0.6 is 0 Å². The second-order valence-corrected chi connectivity index (χ2v) is 3.79. The Balaban J connectivity index is 2.95. The third-order valence-corrected chi connectivity index (χ3v) is 3.18. The molecule has 1 N–H and O–H groups in total. The van der Waals surface area contributed by atoms with E-state index in [1.165, 1.54) is 0 Å². The number of hydrogen-bond acceptors (Lipinski definition) is 3. The van der Waals surface area contributed by atoms with E-state index in [1.54, 1.807) is 6.92 Å². The highest BCUT2D eigenvalue weighted by atomic mass is 16.4. The molecular formula is C10H16N2O2. The van der Waals surface area contributed by atoms with Crippen molar-refractivity contribution in [2.45, 2.75) is 44.7 Å². The molecule has 0 aromatic heterocycles. The van der Waals surface area contributed by atoms with E-state index in [0.29, 0.717) is 12.8 Å². The van der Waals surface area contributed by atoms with Crippen molar-refractivity contribution < 1.29 is 9.90 Å². The average Bonchev–Trinajstić information content (AvgIpc) is 2.61. The number of likely N-dealkylation sites (tertiary alicyclic amines) is 1. The van der Waals surface area contributed by atoms with Crippen LogP contribution in [-0.2, 0) is 4.79 Å². The van der Waals surface area contributed by atoms with Gasteiger partial charge in [0.1, 0.15) is 5.54 Å². The summed E-state index contributed by atoms with van der Waals surface area (Å²) in [7, 11) is 0. The van der Waals surface area contributed by atoms with Gasteiger partial charge in [0.2, 0.25) is 0 Å². The van der Waals surface area contributed by atoms with E-state index >= 15 is 0 Å². The molecule has 2 atom stereocenters. The molecule has 78 valence electrons. The molecule has 1 fully saturated rings. The Morgan fingerprint density at radius 3 is 2.86 bits per heavy atom. The van der Waals surface area contributed by atoms with Crippen LogP contribution in [0.4, 0.5) is 0 Å². The average molecular weight is 196 g/mol. The number of nitriles is 1. The molecule has 1 saturated heterocycles. The van der Waals surface area contributed by atoms with Crippen molar-refractivity contribution in [1.29, 1.82) is 5.26 Å². The summed E-state index contributed by atoms with van der Waals surface area (Å²) in [4.78, 5) is 13.0. The number of carbonyl (C=O) groups is 1. The van der Waals surface area contributed by atoms with Gasteiger partial charge in [0.25, 0.3) is 0 Å². The Hall–Kier alpha value is -1.08. The highest BCUT2D eigenvalue weighted by Gasteiger charge is 2.47. The lowest BCUT2D eigenvalue weighted by atomic mass is 9.92. The molecule has 0 spiro atoms. The fourth-order valence-electron chi connectivity index (χ4n) is 2.29. The van der Waals surface area contributed by atoms with Gasteiger partial charge in [-0.05, 0) is 26.2 Å². The first-order valence-corrected chi connectivity index (χ1v) is 4.98. The van der Waals surface area contributed by atoms with Crippen molar-refractivity contribution in [3.05, 3.63) is 0 Å². The van der Waals surface area contributed by atoms with Crippen molar-refractivity contribution in [2.24, 2.45) is 0 Å². The van der Waals surface area contributed by atoms with Crippen LogP contribution in [0.15, 0.2) is 0 Å². The minimum absolute atomic E-state index is 0.312. The molecule has 0 aromatic rings. The smallest absolute Gasteiger partial charge is 0.324 e. The van der Waals surface area contributed by atoms with Crippen molar-refractivity contribution in [3.8, 4) is 6.07 Å². The topological polar surface area (TPSA) is 64.3 Å². The second kappa shape index (κ2) is 3.97. The maximum atomic E-state index is 11.2. The molecule has 4 heteroatoms. The van der Waals surface area contributed by atoms with Crippen LogP contribution in [0.3, 0.4) is 0 Å². The van der Waals surface area contributed by atoms with Gasteiger partial charge in [-0.15, -0.1) is 0 Å². The van der Waals surface area contributed by atoms with Crippen LogP contribution in [0, 0.1) is 11.3 Å². The standard InChI is InChI=1S/C10H16N2O2/c1-3-10(9(13)14)5-4-6-12(10)8(2)7-11/h8H,3-6H2,1-2H3,(H,13,14). The predicted molar refractivity (Wildman–Crippen MR) is 51.7 cm³/mol. The molecule has 1 aliphatic heterocycles. The van der Waals surface area contributed by atoms with E-state index in [4.69, 9.17) is 5.26 Å². The van der Waals surface area contributed by atoms with Crippen LogP contribution in [0.1, 0.15) is 33.1 Å². The zero-order valence-corrected chi connectivity index (χ0v) is 8.66. The third-order valence-electron chi connectivity index (χ3n) is 3.18. The largest absolute Gasteiger partial charge is 0.480 e. The normalized spacial score (nSPS) is 29.8. The van der Waals surface area contributed by atoms with Crippen molar-refractivity contribution in [2.75, 3.05) is 6.54 Å². The molecule has 0 radical (unpaired) electrons. The third kappa shape index (κ3) is 1.48. The Labute approximate surface area is 84.1 Å². The number of rotatable bonds is 3. The van der Waals surface area contributed by atoms with E-state index in [-0.39, 0.29) is 6.04 Å². The fraction of sp³-hybridized carbons (Fsp3) is 0.800. The fourth-order valence-corrected chi connectivity index (χ4v) is 2.29. The van der Waals surface area contributed by atoms with E-state index in [9.17, 15) is 9.90 Å². The van der Waals surface area contributed by atoms with Crippen molar-refractivity contribution in [3.63, 3.8) is 0 Å². The summed E-state index contributed by atoms with van der Waals surface area (Å²) in [5, 5.41) is 18.0. The lowest BCUT2D eigenvalue weighted by Crippen LogP contribution is -2.53. The number of nitrogens with zero attached hydrogens (tertiary/aromatic N) is 2. The van der Waals surface area contributed by atoms with Crippen LogP contribution in [0.5, 0.6) is 0 Å². The van der Waals surface area contributed by atoms with Gasteiger partial charge in [0.15, 0.2) is 0 Å². The second-order valence-electron chi connectivity index (χ2n) is 3.79. The predicted octanol–water partition coefficient (Wildman–Crippen LogP) is 1.23. The van der Waals surface area contributed by atoms with E-state index in [0.717, 1.165) is 13.0 Å². The number of aliphatic carboxylic acids is 1. The van der Waals surface area contributed by atoms with Gasteiger partial charge < -0.3 is 5.11 Å². The molecule has 0 amide bonds. The van der Waals surface area contributed by atoms with E-state index in [1.807, 2.05) is 11.8 Å². The summed E-state index contributed by atoms with van der Waals surface area (Å²) in [6.45, 7) is 4.35. The van der Waals surface area contributed by atoms with Crippen LogP contribution in [0.25, 0.3) is 0 Å². The Bertz CT molecular complexity index is 272. The Morgan fingerprint density at radius 2 is 2.43 bits per heavy atom. The molecule has 2 unspecified atom stereocenters. The summed E-state index contributed by atoms with van der Waals surface area (Å²) in [5.41, 5.74) is -0.796. The number of carboxylic acids is 1. The van der Waals surface area contributed by atoms with Gasteiger partial charge in [-0.2, -0.15) is 5.26 Å². The highest BCUT2D eigenvalue weighted by molar-refractivity contribution is 5.79. The molecule has 14 heavy (non-hydrogen) atoms. The SMILES string of the molecule is CCC1(C(=O)O)CCCN1C(C)C#N. The monoisotopic (exact) mass is 196 g/mol. The molecule has 0 saturated carbocycles. The first-order valence-electron chi connectivity index (χ1n) is 4.98. The van der Waals surface area contributed by atoms with Gasteiger partial charge >= 0.3 is 5.97 Å². The molecule has 0 aromatic carbocycles. The first-order chi connectivity index (χ1) is 6.58. The van der Waals surface area contributed by atoms with Crippen LogP contribution in [0.2, 0.25) is 0 Å². The minimum Gasteiger partial charge on any atom is -0.480 e. The van der Waals surface area contributed by atoms with Crippen LogP contribution < -0.4 is 0 Å². The molecule has 4 nitrogen and oxygen atoms in total. The summed E-state index contributed by atoms with van der Waals surface area (Å²) in [6, 6.07) is 1.80. The zero-order valence-electron chi connectivity index (χ0n) is 8.66. The van der Waals surface area contributed by atoms with E-state index < -0.39 is 11.5 Å². The van der Waals surface area contributed by atoms with Gasteiger partial charge in [0.05, 0.1) is 12.1 Å². The maximum absolute atomic E-state index is 11.2.